The second-order valence-corrected chi connectivity index (χ2v) is 8.29. The zero-order valence-corrected chi connectivity index (χ0v) is 13.6. The van der Waals surface area contributed by atoms with Crippen molar-refractivity contribution in [2.24, 2.45) is 0 Å². The monoisotopic (exact) mass is 282 g/mol. The van der Waals surface area contributed by atoms with Gasteiger partial charge in [-0.15, -0.1) is 11.7 Å². The van der Waals surface area contributed by atoms with E-state index in [0.29, 0.717) is 0 Å². The van der Waals surface area contributed by atoms with E-state index in [1.165, 1.54) is 5.75 Å². The Morgan fingerprint density at radius 2 is 1.44 bits per heavy atom. The summed E-state index contributed by atoms with van der Waals surface area (Å²) in [6.45, 7) is 13.0. The third-order valence-corrected chi connectivity index (χ3v) is 4.88. The van der Waals surface area contributed by atoms with E-state index < -0.39 is 0 Å². The Balaban J connectivity index is 3.29. The molecule has 0 unspecified atom stereocenters. The van der Waals surface area contributed by atoms with E-state index in [0.717, 1.165) is 18.8 Å². The van der Waals surface area contributed by atoms with Crippen LogP contribution in [0.1, 0.15) is 34.6 Å². The highest BCUT2D eigenvalue weighted by Gasteiger charge is 2.14. The molecule has 0 aromatic heterocycles. The molecule has 16 heavy (non-hydrogen) atoms. The van der Waals surface area contributed by atoms with Crippen molar-refractivity contribution in [1.82, 2.24) is 10.6 Å². The van der Waals surface area contributed by atoms with Crippen LogP contribution in [0.3, 0.4) is 0 Å². The van der Waals surface area contributed by atoms with Crippen molar-refractivity contribution in [3.05, 3.63) is 0 Å². The predicted molar refractivity (Wildman–Crippen MR) is 83.7 cm³/mol. The van der Waals surface area contributed by atoms with E-state index in [2.05, 4.69) is 56.9 Å². The van der Waals surface area contributed by atoms with Crippen LogP contribution < -0.4 is 10.6 Å². The topological polar surface area (TPSA) is 24.1 Å². The van der Waals surface area contributed by atoms with Gasteiger partial charge in [-0.05, 0) is 34.6 Å². The van der Waals surface area contributed by atoms with Crippen LogP contribution in [0.15, 0.2) is 0 Å². The predicted octanol–water partition coefficient (Wildman–Crippen LogP) is 3.01. The molecule has 0 amide bonds. The van der Waals surface area contributed by atoms with Gasteiger partial charge < -0.3 is 10.6 Å². The van der Waals surface area contributed by atoms with Gasteiger partial charge in [0.25, 0.3) is 0 Å². The molecule has 0 saturated heterocycles. The summed E-state index contributed by atoms with van der Waals surface area (Å²) in [5, 5.41) is 6.94. The van der Waals surface area contributed by atoms with Gasteiger partial charge in [0, 0.05) is 30.1 Å². The first-order chi connectivity index (χ1) is 7.27. The highest BCUT2D eigenvalue weighted by molar-refractivity contribution is 8.69. The molecule has 2 nitrogen and oxygen atoms in total. The maximum atomic E-state index is 4.23. The third kappa shape index (κ3) is 11.5. The number of nitrogens with one attached hydrogen (secondary N) is 2. The lowest BCUT2D eigenvalue weighted by Crippen LogP contribution is -2.38. The Bertz CT molecular complexity index is 179. The van der Waals surface area contributed by atoms with Gasteiger partial charge in [-0.2, -0.15) is 11.8 Å². The molecule has 98 valence electrons. The molecule has 0 atom stereocenters. The molecule has 5 heteroatoms. The SMILES string of the molecule is CC(C)(C)NCCSCCNC(C)(C)SS. The number of hydrogen-bond acceptors (Lipinski definition) is 5. The smallest absolute Gasteiger partial charge is 0.0689 e. The summed E-state index contributed by atoms with van der Waals surface area (Å²) in [4.78, 5) is 0.0767. The fraction of sp³-hybridized carbons (Fsp3) is 1.00. The van der Waals surface area contributed by atoms with Crippen molar-refractivity contribution in [3.63, 3.8) is 0 Å². The van der Waals surface area contributed by atoms with E-state index >= 15 is 0 Å². The minimum absolute atomic E-state index is 0.0767. The van der Waals surface area contributed by atoms with E-state index in [4.69, 9.17) is 0 Å². The van der Waals surface area contributed by atoms with Crippen molar-refractivity contribution < 1.29 is 0 Å². The van der Waals surface area contributed by atoms with Crippen LogP contribution >= 0.6 is 34.2 Å². The first-order valence-corrected chi connectivity index (χ1v) is 8.69. The molecular weight excluding hydrogens is 256 g/mol. The van der Waals surface area contributed by atoms with E-state index in [-0.39, 0.29) is 10.4 Å². The Hall–Kier alpha value is 0.970. The summed E-state index contributed by atoms with van der Waals surface area (Å²) >= 11 is 6.21. The standard InChI is InChI=1S/C11H26N2S3/c1-10(2,3)12-6-8-15-9-7-13-11(4,5)16-14/h12-14H,6-9H2,1-5H3. The number of hydrogen-bond donors (Lipinski definition) is 3. The van der Waals surface area contributed by atoms with Crippen LogP contribution in [0.4, 0.5) is 0 Å². The summed E-state index contributed by atoms with van der Waals surface area (Å²) in [6, 6.07) is 0. The zero-order valence-electron chi connectivity index (χ0n) is 11.1. The molecule has 0 radical (unpaired) electrons. The van der Waals surface area contributed by atoms with Gasteiger partial charge >= 0.3 is 0 Å². The van der Waals surface area contributed by atoms with E-state index in [1.807, 2.05) is 11.8 Å². The molecule has 0 aliphatic heterocycles. The summed E-state index contributed by atoms with van der Waals surface area (Å²) < 4.78 is 0. The second kappa shape index (κ2) is 8.14. The first kappa shape index (κ1) is 17.0. The van der Waals surface area contributed by atoms with Gasteiger partial charge in [-0.1, -0.05) is 10.8 Å². The van der Waals surface area contributed by atoms with Crippen LogP contribution in [0.2, 0.25) is 0 Å². The number of thioether (sulfide) groups is 1. The molecular formula is C11H26N2S3. The second-order valence-electron chi connectivity index (χ2n) is 5.32. The minimum Gasteiger partial charge on any atom is -0.311 e. The van der Waals surface area contributed by atoms with Crippen molar-refractivity contribution >= 4 is 34.2 Å². The van der Waals surface area contributed by atoms with Crippen LogP contribution in [-0.2, 0) is 0 Å². The molecule has 0 heterocycles. The van der Waals surface area contributed by atoms with Gasteiger partial charge in [0.1, 0.15) is 0 Å². The Morgan fingerprint density at radius 1 is 0.938 bits per heavy atom. The fourth-order valence-corrected chi connectivity index (χ4v) is 2.11. The maximum absolute atomic E-state index is 4.23. The van der Waals surface area contributed by atoms with Gasteiger partial charge in [0.2, 0.25) is 0 Å². The van der Waals surface area contributed by atoms with Crippen LogP contribution in [-0.4, -0.2) is 35.0 Å². The first-order valence-electron chi connectivity index (χ1n) is 5.67. The third-order valence-electron chi connectivity index (χ3n) is 1.93. The summed E-state index contributed by atoms with van der Waals surface area (Å²) in [5.74, 6) is 2.33. The fourth-order valence-electron chi connectivity index (χ4n) is 1.06. The molecule has 0 rings (SSSR count). The van der Waals surface area contributed by atoms with Crippen molar-refractivity contribution in [2.45, 2.75) is 45.0 Å². The van der Waals surface area contributed by atoms with Gasteiger partial charge in [0.15, 0.2) is 0 Å². The average molecular weight is 283 g/mol. The summed E-state index contributed by atoms with van der Waals surface area (Å²) in [7, 11) is 1.56. The molecule has 0 aliphatic carbocycles. The Kier molecular flexibility index (Phi) is 8.63. The molecule has 0 aromatic rings. The zero-order chi connectivity index (χ0) is 12.7. The van der Waals surface area contributed by atoms with Crippen molar-refractivity contribution in [1.29, 1.82) is 0 Å². The van der Waals surface area contributed by atoms with E-state index in [1.54, 1.807) is 10.8 Å². The molecule has 2 N–H and O–H groups in total. The van der Waals surface area contributed by atoms with Crippen LogP contribution in [0.5, 0.6) is 0 Å². The number of rotatable bonds is 8. The number of thiol groups is 1. The lowest BCUT2D eigenvalue weighted by atomic mass is 10.1. The van der Waals surface area contributed by atoms with Crippen LogP contribution in [0.25, 0.3) is 0 Å². The average Bonchev–Trinajstić information content (AvgIpc) is 2.14. The maximum Gasteiger partial charge on any atom is 0.0689 e. The summed E-state index contributed by atoms with van der Waals surface area (Å²) in [5.41, 5.74) is 0.240. The lowest BCUT2D eigenvalue weighted by molar-refractivity contribution is 0.441. The van der Waals surface area contributed by atoms with Crippen molar-refractivity contribution in [3.8, 4) is 0 Å². The molecule has 0 saturated carbocycles. The normalized spacial score (nSPS) is 13.1. The largest absolute Gasteiger partial charge is 0.311 e. The Morgan fingerprint density at radius 3 is 1.88 bits per heavy atom. The van der Waals surface area contributed by atoms with Gasteiger partial charge in [-0.25, -0.2) is 0 Å². The molecule has 0 fully saturated rings. The lowest BCUT2D eigenvalue weighted by Gasteiger charge is -2.23. The highest BCUT2D eigenvalue weighted by Crippen LogP contribution is 2.23. The molecule has 0 aromatic carbocycles. The van der Waals surface area contributed by atoms with E-state index in [9.17, 15) is 0 Å². The minimum atomic E-state index is 0.0767. The Labute approximate surface area is 114 Å². The van der Waals surface area contributed by atoms with Gasteiger partial charge in [0.05, 0.1) is 4.87 Å². The molecule has 0 bridgehead atoms. The highest BCUT2D eigenvalue weighted by atomic mass is 33.1. The summed E-state index contributed by atoms with van der Waals surface area (Å²) in [6.07, 6.45) is 0. The van der Waals surface area contributed by atoms with Gasteiger partial charge in [-0.3, -0.25) is 0 Å². The van der Waals surface area contributed by atoms with Crippen LogP contribution in [0, 0.1) is 0 Å². The molecule has 0 spiro atoms. The quantitative estimate of drug-likeness (QED) is 0.276. The van der Waals surface area contributed by atoms with Crippen molar-refractivity contribution in [2.75, 3.05) is 24.6 Å². The molecule has 0 aliphatic rings.